The van der Waals surface area contributed by atoms with Crippen molar-refractivity contribution in [1.82, 2.24) is 4.98 Å². The number of ether oxygens (including phenoxy) is 1. The maximum atomic E-state index is 11.8. The minimum Gasteiger partial charge on any atom is -0.469 e. The Morgan fingerprint density at radius 3 is 2.89 bits per heavy atom. The van der Waals surface area contributed by atoms with Crippen LogP contribution < -0.4 is 10.5 Å². The van der Waals surface area contributed by atoms with Crippen LogP contribution in [0.2, 0.25) is 0 Å². The van der Waals surface area contributed by atoms with Gasteiger partial charge < -0.3 is 14.6 Å². The van der Waals surface area contributed by atoms with Gasteiger partial charge in [0.15, 0.2) is 0 Å². The summed E-state index contributed by atoms with van der Waals surface area (Å²) < 4.78 is 4.62. The van der Waals surface area contributed by atoms with Gasteiger partial charge in [-0.2, -0.15) is 0 Å². The number of pyridine rings is 1. The second kappa shape index (κ2) is 4.64. The second-order valence-electron chi connectivity index (χ2n) is 4.32. The molecule has 1 N–H and O–H groups in total. The fourth-order valence-corrected chi connectivity index (χ4v) is 2.04. The number of nitrogens with one attached hydrogen (secondary N) is 1. The van der Waals surface area contributed by atoms with Gasteiger partial charge in [0.25, 0.3) is 5.56 Å². The van der Waals surface area contributed by atoms with Gasteiger partial charge in [-0.25, -0.2) is 0 Å². The minimum atomic E-state index is -0.498. The molecule has 1 aliphatic rings. The molecule has 2 heterocycles. The predicted molar refractivity (Wildman–Crippen MR) is 64.3 cm³/mol. The van der Waals surface area contributed by atoms with Gasteiger partial charge in [0.2, 0.25) is 5.91 Å². The molecule has 0 spiro atoms. The molecule has 1 unspecified atom stereocenters. The highest BCUT2D eigenvalue weighted by atomic mass is 16.5. The topological polar surface area (TPSA) is 79.5 Å². The number of amides is 1. The summed E-state index contributed by atoms with van der Waals surface area (Å²) in [4.78, 5) is 38.8. The van der Waals surface area contributed by atoms with Crippen molar-refractivity contribution in [2.45, 2.75) is 13.3 Å². The first-order valence-corrected chi connectivity index (χ1v) is 5.60. The fourth-order valence-electron chi connectivity index (χ4n) is 2.04. The Morgan fingerprint density at radius 1 is 1.50 bits per heavy atom. The van der Waals surface area contributed by atoms with Crippen molar-refractivity contribution in [2.75, 3.05) is 18.6 Å². The Balaban J connectivity index is 2.30. The highest BCUT2D eigenvalue weighted by molar-refractivity contribution is 5.99. The number of H-pyrrole nitrogens is 1. The molecular weight excluding hydrogens is 236 g/mol. The van der Waals surface area contributed by atoms with Crippen LogP contribution in [0.3, 0.4) is 0 Å². The highest BCUT2D eigenvalue weighted by Gasteiger charge is 2.36. The number of anilines is 1. The number of aromatic amines is 1. The summed E-state index contributed by atoms with van der Waals surface area (Å²) >= 11 is 0. The smallest absolute Gasteiger partial charge is 0.311 e. The van der Waals surface area contributed by atoms with Gasteiger partial charge >= 0.3 is 5.97 Å². The number of aromatic nitrogens is 1. The van der Waals surface area contributed by atoms with Crippen LogP contribution in [0.1, 0.15) is 12.0 Å². The lowest BCUT2D eigenvalue weighted by Crippen LogP contribution is -2.31. The average molecular weight is 250 g/mol. The van der Waals surface area contributed by atoms with Gasteiger partial charge in [-0.1, -0.05) is 0 Å². The lowest BCUT2D eigenvalue weighted by Gasteiger charge is -2.15. The van der Waals surface area contributed by atoms with Gasteiger partial charge in [-0.15, -0.1) is 0 Å². The van der Waals surface area contributed by atoms with E-state index in [4.69, 9.17) is 0 Å². The maximum Gasteiger partial charge on any atom is 0.311 e. The summed E-state index contributed by atoms with van der Waals surface area (Å²) in [5, 5.41) is 0. The highest BCUT2D eigenvalue weighted by Crippen LogP contribution is 2.23. The Labute approximate surface area is 104 Å². The zero-order valence-electron chi connectivity index (χ0n) is 10.2. The molecule has 1 amide bonds. The molecule has 0 radical (unpaired) electrons. The van der Waals surface area contributed by atoms with Crippen molar-refractivity contribution in [3.63, 3.8) is 0 Å². The molecule has 1 aromatic rings. The summed E-state index contributed by atoms with van der Waals surface area (Å²) in [5.74, 6) is -1.15. The molecule has 96 valence electrons. The van der Waals surface area contributed by atoms with Gasteiger partial charge in [-0.05, 0) is 18.6 Å². The second-order valence-corrected chi connectivity index (χ2v) is 4.32. The van der Waals surface area contributed by atoms with Crippen LogP contribution in [-0.4, -0.2) is 30.5 Å². The molecule has 1 aliphatic heterocycles. The molecule has 0 aromatic carbocycles. The minimum absolute atomic E-state index is 0.0834. The Bertz CT molecular complexity index is 549. The number of esters is 1. The van der Waals surface area contributed by atoms with Crippen LogP contribution in [0.15, 0.2) is 17.1 Å². The van der Waals surface area contributed by atoms with E-state index in [0.717, 1.165) is 5.56 Å². The zero-order chi connectivity index (χ0) is 13.3. The Hall–Kier alpha value is -2.11. The quantitative estimate of drug-likeness (QED) is 0.761. The third-order valence-electron chi connectivity index (χ3n) is 2.98. The van der Waals surface area contributed by atoms with Crippen LogP contribution in [0.25, 0.3) is 0 Å². The first kappa shape index (κ1) is 12.3. The SMILES string of the molecule is COC(=O)C1CC(=O)N(c2cc(C)c[nH]c2=O)C1. The van der Waals surface area contributed by atoms with E-state index in [0.29, 0.717) is 0 Å². The van der Waals surface area contributed by atoms with Crippen molar-refractivity contribution >= 4 is 17.6 Å². The lowest BCUT2D eigenvalue weighted by molar-refractivity contribution is -0.145. The number of aryl methyl sites for hydroxylation is 1. The Kier molecular flexibility index (Phi) is 3.18. The lowest BCUT2D eigenvalue weighted by atomic mass is 10.1. The van der Waals surface area contributed by atoms with Crippen LogP contribution in [-0.2, 0) is 14.3 Å². The molecule has 1 fully saturated rings. The molecule has 18 heavy (non-hydrogen) atoms. The Morgan fingerprint density at radius 2 is 2.22 bits per heavy atom. The van der Waals surface area contributed by atoms with E-state index in [1.165, 1.54) is 12.0 Å². The monoisotopic (exact) mass is 250 g/mol. The summed E-state index contributed by atoms with van der Waals surface area (Å²) in [6.45, 7) is 2.01. The normalized spacial score (nSPS) is 19.1. The number of rotatable bonds is 2. The van der Waals surface area contributed by atoms with Crippen molar-refractivity contribution in [2.24, 2.45) is 5.92 Å². The van der Waals surface area contributed by atoms with Crippen LogP contribution in [0.5, 0.6) is 0 Å². The third-order valence-corrected chi connectivity index (χ3v) is 2.98. The van der Waals surface area contributed by atoms with Crippen molar-refractivity contribution in [1.29, 1.82) is 0 Å². The van der Waals surface area contributed by atoms with E-state index in [2.05, 4.69) is 9.72 Å². The van der Waals surface area contributed by atoms with Gasteiger partial charge in [0.05, 0.1) is 13.0 Å². The predicted octanol–water partition coefficient (Wildman–Crippen LogP) is 0.209. The number of carbonyl (C=O) groups excluding carboxylic acids is 2. The molecule has 2 rings (SSSR count). The van der Waals surface area contributed by atoms with Crippen LogP contribution >= 0.6 is 0 Å². The summed E-state index contributed by atoms with van der Waals surface area (Å²) in [5.41, 5.74) is 0.796. The molecule has 0 aliphatic carbocycles. The molecule has 1 atom stereocenters. The molecular formula is C12H14N2O4. The zero-order valence-corrected chi connectivity index (χ0v) is 10.2. The molecule has 0 bridgehead atoms. The first-order valence-electron chi connectivity index (χ1n) is 5.60. The van der Waals surface area contributed by atoms with Gasteiger partial charge in [-0.3, -0.25) is 14.4 Å². The van der Waals surface area contributed by atoms with E-state index in [9.17, 15) is 14.4 Å². The van der Waals surface area contributed by atoms with E-state index in [1.54, 1.807) is 12.3 Å². The molecule has 1 saturated heterocycles. The van der Waals surface area contributed by atoms with E-state index in [1.807, 2.05) is 6.92 Å². The molecule has 1 aromatic heterocycles. The summed E-state index contributed by atoms with van der Waals surface area (Å²) in [7, 11) is 1.29. The number of carbonyl (C=O) groups is 2. The summed E-state index contributed by atoms with van der Waals surface area (Å²) in [6, 6.07) is 1.64. The van der Waals surface area contributed by atoms with Crippen molar-refractivity contribution in [3.05, 3.63) is 28.2 Å². The fraction of sp³-hybridized carbons (Fsp3) is 0.417. The first-order chi connectivity index (χ1) is 8.52. The number of hydrogen-bond donors (Lipinski definition) is 1. The number of nitrogens with zero attached hydrogens (tertiary/aromatic N) is 1. The third kappa shape index (κ3) is 2.13. The van der Waals surface area contributed by atoms with Gasteiger partial charge in [0.1, 0.15) is 5.69 Å². The standard InChI is InChI=1S/C12H14N2O4/c1-7-3-9(11(16)13-5-7)14-6-8(4-10(14)15)12(17)18-2/h3,5,8H,4,6H2,1-2H3,(H,13,16). The van der Waals surface area contributed by atoms with Crippen molar-refractivity contribution in [3.8, 4) is 0 Å². The number of methoxy groups -OCH3 is 1. The molecule has 6 heteroatoms. The van der Waals surface area contributed by atoms with Crippen LogP contribution in [0.4, 0.5) is 5.69 Å². The maximum absolute atomic E-state index is 11.8. The number of hydrogen-bond acceptors (Lipinski definition) is 4. The largest absolute Gasteiger partial charge is 0.469 e. The van der Waals surface area contributed by atoms with E-state index < -0.39 is 11.9 Å². The van der Waals surface area contributed by atoms with Crippen molar-refractivity contribution < 1.29 is 14.3 Å². The average Bonchev–Trinajstić information content (AvgIpc) is 2.73. The molecule has 6 nitrogen and oxygen atoms in total. The van der Waals surface area contributed by atoms with Gasteiger partial charge in [0, 0.05) is 19.2 Å². The molecule has 0 saturated carbocycles. The van der Waals surface area contributed by atoms with E-state index >= 15 is 0 Å². The van der Waals surface area contributed by atoms with E-state index in [-0.39, 0.29) is 30.1 Å². The van der Waals surface area contributed by atoms with Crippen LogP contribution in [0, 0.1) is 12.8 Å². The summed E-state index contributed by atoms with van der Waals surface area (Å²) in [6.07, 6.45) is 1.66.